The molecule has 0 aliphatic heterocycles. The molecule has 1 N–H and O–H groups in total. The van der Waals surface area contributed by atoms with Gasteiger partial charge in [-0.05, 0) is 12.5 Å². The first-order valence-electron chi connectivity index (χ1n) is 4.95. The van der Waals surface area contributed by atoms with E-state index in [-0.39, 0.29) is 21.2 Å². The van der Waals surface area contributed by atoms with Crippen LogP contribution in [0, 0.1) is 0 Å². The van der Waals surface area contributed by atoms with Crippen LogP contribution >= 0.6 is 46.1 Å². The van der Waals surface area contributed by atoms with Crippen LogP contribution in [0.1, 0.15) is 19.8 Å². The normalized spacial score (nSPS) is 13.9. The van der Waals surface area contributed by atoms with Crippen molar-refractivity contribution in [1.29, 1.82) is 0 Å². The van der Waals surface area contributed by atoms with Gasteiger partial charge in [-0.1, -0.05) is 36.5 Å². The molecule has 0 radical (unpaired) electrons. The topological polar surface area (TPSA) is 46.2 Å². The van der Waals surface area contributed by atoms with Crippen molar-refractivity contribution in [3.63, 3.8) is 0 Å². The molecule has 0 aromatic carbocycles. The Morgan fingerprint density at radius 3 is 2.59 bits per heavy atom. The molecule has 98 valence electrons. The van der Waals surface area contributed by atoms with Crippen molar-refractivity contribution in [2.24, 2.45) is 0 Å². The summed E-state index contributed by atoms with van der Waals surface area (Å²) in [6.07, 6.45) is 1.66. The van der Waals surface area contributed by atoms with E-state index in [1.165, 1.54) is 6.07 Å². The van der Waals surface area contributed by atoms with Crippen molar-refractivity contribution in [1.82, 2.24) is 4.72 Å². The third-order valence-electron chi connectivity index (χ3n) is 2.01. The lowest BCUT2D eigenvalue weighted by Crippen LogP contribution is -2.29. The summed E-state index contributed by atoms with van der Waals surface area (Å²) in [7, 11) is -3.62. The maximum Gasteiger partial charge on any atom is 0.243 e. The van der Waals surface area contributed by atoms with Crippen LogP contribution in [0.3, 0.4) is 0 Å². The maximum absolute atomic E-state index is 11.9. The Hall–Kier alpha value is 0.480. The minimum absolute atomic E-state index is 0.00883. The maximum atomic E-state index is 11.9. The molecule has 0 aliphatic carbocycles. The second kappa shape index (κ2) is 6.59. The first-order valence-corrected chi connectivity index (χ1v) is 8.44. The molecular weight excluding hydrogens is 325 g/mol. The summed E-state index contributed by atoms with van der Waals surface area (Å²) in [4.78, 5) is 0.00883. The standard InChI is InChI=1S/C9H12Cl3NO2S2/c1-2-3-6(10)5-13-17(14,15)7-4-8(11)16-9(7)12/h4,6,13H,2-3,5H2,1H3. The zero-order valence-corrected chi connectivity index (χ0v) is 12.9. The van der Waals surface area contributed by atoms with Gasteiger partial charge in [-0.3, -0.25) is 0 Å². The number of sulfonamides is 1. The van der Waals surface area contributed by atoms with Crippen molar-refractivity contribution >= 4 is 56.2 Å². The van der Waals surface area contributed by atoms with E-state index in [4.69, 9.17) is 34.8 Å². The molecule has 1 atom stereocenters. The lowest BCUT2D eigenvalue weighted by Gasteiger charge is -2.09. The van der Waals surface area contributed by atoms with Gasteiger partial charge in [0.05, 0.1) is 4.34 Å². The highest BCUT2D eigenvalue weighted by Crippen LogP contribution is 2.34. The molecule has 1 heterocycles. The van der Waals surface area contributed by atoms with Gasteiger partial charge >= 0.3 is 0 Å². The average Bonchev–Trinajstić information content (AvgIpc) is 2.56. The number of hydrogen-bond acceptors (Lipinski definition) is 3. The highest BCUT2D eigenvalue weighted by atomic mass is 35.5. The fourth-order valence-electron chi connectivity index (χ4n) is 1.20. The van der Waals surface area contributed by atoms with Gasteiger partial charge in [0.15, 0.2) is 0 Å². The summed E-state index contributed by atoms with van der Waals surface area (Å²) in [5.74, 6) is 0. The number of halogens is 3. The smallest absolute Gasteiger partial charge is 0.210 e. The largest absolute Gasteiger partial charge is 0.243 e. The molecule has 0 saturated heterocycles. The van der Waals surface area contributed by atoms with Crippen molar-refractivity contribution in [2.45, 2.75) is 30.0 Å². The number of alkyl halides is 1. The van der Waals surface area contributed by atoms with Gasteiger partial charge in [0.2, 0.25) is 10.0 Å². The molecule has 1 aromatic heterocycles. The van der Waals surface area contributed by atoms with E-state index in [9.17, 15) is 8.42 Å². The SMILES string of the molecule is CCCC(Cl)CNS(=O)(=O)c1cc(Cl)sc1Cl. The van der Waals surface area contributed by atoms with Gasteiger partial charge in [0.25, 0.3) is 0 Å². The first kappa shape index (κ1) is 15.5. The summed E-state index contributed by atoms with van der Waals surface area (Å²) in [5.41, 5.74) is 0. The van der Waals surface area contributed by atoms with E-state index in [1.54, 1.807) is 0 Å². The van der Waals surface area contributed by atoms with Gasteiger partial charge in [-0.15, -0.1) is 22.9 Å². The third kappa shape index (κ3) is 4.58. The molecule has 0 aliphatic rings. The van der Waals surface area contributed by atoms with Crippen LogP contribution in [-0.4, -0.2) is 20.3 Å². The Morgan fingerprint density at radius 2 is 2.12 bits per heavy atom. The Balaban J connectivity index is 2.73. The molecule has 8 heteroatoms. The highest BCUT2D eigenvalue weighted by molar-refractivity contribution is 7.89. The Kier molecular flexibility index (Phi) is 6.02. The van der Waals surface area contributed by atoms with E-state index in [2.05, 4.69) is 4.72 Å². The molecule has 1 rings (SSSR count). The molecule has 0 saturated carbocycles. The molecule has 3 nitrogen and oxygen atoms in total. The highest BCUT2D eigenvalue weighted by Gasteiger charge is 2.21. The Labute approximate surface area is 120 Å². The summed E-state index contributed by atoms with van der Waals surface area (Å²) in [5, 5.41) is -0.220. The minimum atomic E-state index is -3.62. The Morgan fingerprint density at radius 1 is 1.47 bits per heavy atom. The van der Waals surface area contributed by atoms with E-state index in [1.807, 2.05) is 6.92 Å². The molecule has 17 heavy (non-hydrogen) atoms. The monoisotopic (exact) mass is 335 g/mol. The van der Waals surface area contributed by atoms with Crippen LogP contribution in [0.15, 0.2) is 11.0 Å². The zero-order valence-electron chi connectivity index (χ0n) is 9.04. The lowest BCUT2D eigenvalue weighted by atomic mass is 10.2. The molecule has 0 spiro atoms. The predicted octanol–water partition coefficient (Wildman–Crippen LogP) is 3.74. The fourth-order valence-corrected chi connectivity index (χ4v) is 4.82. The summed E-state index contributed by atoms with van der Waals surface area (Å²) < 4.78 is 26.7. The van der Waals surface area contributed by atoms with Crippen molar-refractivity contribution in [3.8, 4) is 0 Å². The van der Waals surface area contributed by atoms with Gasteiger partial charge < -0.3 is 0 Å². The molecule has 0 fully saturated rings. The number of rotatable bonds is 6. The van der Waals surface area contributed by atoms with Crippen molar-refractivity contribution in [3.05, 3.63) is 14.7 Å². The second-order valence-corrected chi connectivity index (χ2v) is 8.06. The van der Waals surface area contributed by atoms with Gasteiger partial charge in [-0.2, -0.15) is 0 Å². The van der Waals surface area contributed by atoms with Crippen LogP contribution in [-0.2, 0) is 10.0 Å². The molecule has 0 amide bonds. The minimum Gasteiger partial charge on any atom is -0.210 e. The van der Waals surface area contributed by atoms with Crippen LogP contribution in [0.2, 0.25) is 8.67 Å². The molecule has 1 aromatic rings. The van der Waals surface area contributed by atoms with Crippen molar-refractivity contribution < 1.29 is 8.42 Å². The van der Waals surface area contributed by atoms with Gasteiger partial charge in [-0.25, -0.2) is 13.1 Å². The fraction of sp³-hybridized carbons (Fsp3) is 0.556. The first-order chi connectivity index (χ1) is 7.86. The third-order valence-corrected chi connectivity index (χ3v) is 5.56. The van der Waals surface area contributed by atoms with E-state index in [0.29, 0.717) is 4.34 Å². The summed E-state index contributed by atoms with van der Waals surface area (Å²) in [6.45, 7) is 2.17. The molecule has 0 bridgehead atoms. The number of thiophene rings is 1. The zero-order chi connectivity index (χ0) is 13.1. The number of nitrogens with one attached hydrogen (secondary N) is 1. The Bertz CT molecular complexity index is 473. The van der Waals surface area contributed by atoms with Gasteiger partial charge in [0.1, 0.15) is 9.23 Å². The summed E-state index contributed by atoms with van der Waals surface area (Å²) >= 11 is 18.4. The average molecular weight is 337 g/mol. The lowest BCUT2D eigenvalue weighted by molar-refractivity contribution is 0.577. The number of hydrogen-bond donors (Lipinski definition) is 1. The van der Waals surface area contributed by atoms with Crippen molar-refractivity contribution in [2.75, 3.05) is 6.54 Å². The van der Waals surface area contributed by atoms with Crippen LogP contribution in [0.4, 0.5) is 0 Å². The molecule has 1 unspecified atom stereocenters. The predicted molar refractivity (Wildman–Crippen MR) is 74.1 cm³/mol. The van der Waals surface area contributed by atoms with Crippen LogP contribution in [0.5, 0.6) is 0 Å². The van der Waals surface area contributed by atoms with Crippen LogP contribution in [0.25, 0.3) is 0 Å². The summed E-state index contributed by atoms with van der Waals surface area (Å²) in [6, 6.07) is 1.33. The van der Waals surface area contributed by atoms with E-state index >= 15 is 0 Å². The van der Waals surface area contributed by atoms with E-state index < -0.39 is 10.0 Å². The van der Waals surface area contributed by atoms with Crippen LogP contribution < -0.4 is 4.72 Å². The quantitative estimate of drug-likeness (QED) is 0.804. The second-order valence-electron chi connectivity index (χ2n) is 3.43. The van der Waals surface area contributed by atoms with E-state index in [0.717, 1.165) is 24.2 Å². The molecular formula is C9H12Cl3NO2S2. The van der Waals surface area contributed by atoms with Gasteiger partial charge in [0, 0.05) is 11.9 Å².